The van der Waals surface area contributed by atoms with Crippen LogP contribution in [0, 0.1) is 5.41 Å². The maximum atomic E-state index is 12.0. The Labute approximate surface area is 122 Å². The van der Waals surface area contributed by atoms with Crippen molar-refractivity contribution in [1.29, 1.82) is 0 Å². The van der Waals surface area contributed by atoms with Gasteiger partial charge >= 0.3 is 12.0 Å². The van der Waals surface area contributed by atoms with Crippen molar-refractivity contribution in [2.45, 2.75) is 39.2 Å². The smallest absolute Gasteiger partial charge is 0.317 e. The van der Waals surface area contributed by atoms with E-state index in [1.165, 1.54) is 6.39 Å². The topological polar surface area (TPSA) is 109 Å². The first kappa shape index (κ1) is 15.3. The predicted molar refractivity (Wildman–Crippen MR) is 72.3 cm³/mol. The van der Waals surface area contributed by atoms with Crippen LogP contribution in [0.4, 0.5) is 4.79 Å². The molecule has 1 aliphatic heterocycles. The van der Waals surface area contributed by atoms with Crippen molar-refractivity contribution in [2.24, 2.45) is 5.41 Å². The van der Waals surface area contributed by atoms with Crippen LogP contribution in [0.15, 0.2) is 10.9 Å². The third-order valence-corrected chi connectivity index (χ3v) is 3.99. The van der Waals surface area contributed by atoms with Gasteiger partial charge in [0.2, 0.25) is 6.39 Å². The molecule has 1 fully saturated rings. The summed E-state index contributed by atoms with van der Waals surface area (Å²) in [6.45, 7) is 3.08. The molecule has 21 heavy (non-hydrogen) atoms. The van der Waals surface area contributed by atoms with E-state index >= 15 is 0 Å². The molecule has 1 aliphatic rings. The second kappa shape index (κ2) is 6.55. The molecule has 2 N–H and O–H groups in total. The summed E-state index contributed by atoms with van der Waals surface area (Å²) in [6, 6.07) is -0.227. The molecular weight excluding hydrogens is 276 g/mol. The van der Waals surface area contributed by atoms with Crippen LogP contribution in [0.1, 0.15) is 38.4 Å². The van der Waals surface area contributed by atoms with Gasteiger partial charge in [0.1, 0.15) is 0 Å². The highest BCUT2D eigenvalue weighted by atomic mass is 16.5. The van der Waals surface area contributed by atoms with Crippen molar-refractivity contribution < 1.29 is 19.2 Å². The normalized spacial score (nSPS) is 17.5. The van der Waals surface area contributed by atoms with E-state index in [4.69, 9.17) is 0 Å². The molecule has 0 saturated carbocycles. The fourth-order valence-electron chi connectivity index (χ4n) is 2.72. The van der Waals surface area contributed by atoms with Crippen molar-refractivity contribution in [1.82, 2.24) is 20.4 Å². The molecule has 0 atom stereocenters. The molecule has 1 saturated heterocycles. The molecule has 1 aromatic rings. The first-order valence-electron chi connectivity index (χ1n) is 7.09. The molecule has 0 unspecified atom stereocenters. The van der Waals surface area contributed by atoms with Gasteiger partial charge in [-0.3, -0.25) is 4.79 Å². The van der Waals surface area contributed by atoms with Gasteiger partial charge in [0.25, 0.3) is 0 Å². The zero-order valence-corrected chi connectivity index (χ0v) is 12.0. The van der Waals surface area contributed by atoms with Crippen LogP contribution in [0.25, 0.3) is 0 Å². The molecular formula is C13H20N4O4. The number of likely N-dealkylation sites (tertiary alicyclic amines) is 1. The number of amides is 2. The Kier molecular flexibility index (Phi) is 4.77. The minimum absolute atomic E-state index is 0.199. The van der Waals surface area contributed by atoms with Gasteiger partial charge in [-0.25, -0.2) is 4.79 Å². The number of aliphatic carboxylic acids is 1. The lowest BCUT2D eigenvalue weighted by Crippen LogP contribution is -2.49. The van der Waals surface area contributed by atoms with E-state index in [9.17, 15) is 14.7 Å². The minimum Gasteiger partial charge on any atom is -0.481 e. The fourth-order valence-corrected chi connectivity index (χ4v) is 2.72. The van der Waals surface area contributed by atoms with Crippen molar-refractivity contribution in [3.05, 3.63) is 12.2 Å². The summed E-state index contributed by atoms with van der Waals surface area (Å²) in [7, 11) is 0. The van der Waals surface area contributed by atoms with Crippen LogP contribution in [0.3, 0.4) is 0 Å². The summed E-state index contributed by atoms with van der Waals surface area (Å²) in [6.07, 6.45) is 3.67. The number of urea groups is 1. The molecule has 2 amide bonds. The molecule has 8 heteroatoms. The van der Waals surface area contributed by atoms with Crippen molar-refractivity contribution in [2.75, 3.05) is 13.1 Å². The summed E-state index contributed by atoms with van der Waals surface area (Å²) >= 11 is 0. The lowest BCUT2D eigenvalue weighted by molar-refractivity contribution is -0.152. The van der Waals surface area contributed by atoms with Gasteiger partial charge < -0.3 is 19.8 Å². The molecule has 2 rings (SSSR count). The molecule has 0 radical (unpaired) electrons. The first-order valence-corrected chi connectivity index (χ1v) is 7.09. The molecule has 2 heterocycles. The van der Waals surface area contributed by atoms with Gasteiger partial charge in [0, 0.05) is 13.1 Å². The van der Waals surface area contributed by atoms with Gasteiger partial charge in [0.15, 0.2) is 5.82 Å². The number of nitrogens with zero attached hydrogens (tertiary/aromatic N) is 3. The van der Waals surface area contributed by atoms with Gasteiger partial charge in [-0.1, -0.05) is 18.5 Å². The maximum Gasteiger partial charge on any atom is 0.317 e. The second-order valence-electron chi connectivity index (χ2n) is 5.33. The van der Waals surface area contributed by atoms with Crippen molar-refractivity contribution >= 4 is 12.0 Å². The highest BCUT2D eigenvalue weighted by Gasteiger charge is 2.41. The van der Waals surface area contributed by atoms with Crippen LogP contribution >= 0.6 is 0 Å². The van der Waals surface area contributed by atoms with E-state index in [0.717, 1.165) is 6.42 Å². The average molecular weight is 296 g/mol. The quantitative estimate of drug-likeness (QED) is 0.846. The minimum atomic E-state index is -0.754. The lowest BCUT2D eigenvalue weighted by Gasteiger charge is -2.38. The number of piperidine rings is 1. The van der Waals surface area contributed by atoms with Crippen LogP contribution in [0.5, 0.6) is 0 Å². The molecule has 0 bridgehead atoms. The number of aromatic nitrogens is 2. The third kappa shape index (κ3) is 3.50. The standard InChI is InChI=1S/C13H20N4O4/c1-2-3-13(11(18)19)4-6-17(7-5-13)12(20)14-8-10-15-9-21-16-10/h9H,2-8H2,1H3,(H,14,20)(H,18,19). The number of hydrogen-bond acceptors (Lipinski definition) is 5. The van der Waals surface area contributed by atoms with E-state index in [-0.39, 0.29) is 12.6 Å². The van der Waals surface area contributed by atoms with Crippen LogP contribution in [-0.4, -0.2) is 45.2 Å². The summed E-state index contributed by atoms with van der Waals surface area (Å²) < 4.78 is 4.58. The Bertz CT molecular complexity index is 480. The number of nitrogens with one attached hydrogen (secondary N) is 1. The summed E-state index contributed by atoms with van der Waals surface area (Å²) in [4.78, 5) is 28.9. The molecule has 116 valence electrons. The monoisotopic (exact) mass is 296 g/mol. The molecule has 0 aliphatic carbocycles. The average Bonchev–Trinajstić information content (AvgIpc) is 2.99. The molecule has 8 nitrogen and oxygen atoms in total. The highest BCUT2D eigenvalue weighted by Crippen LogP contribution is 2.36. The predicted octanol–water partition coefficient (Wildman–Crippen LogP) is 1.25. The summed E-state index contributed by atoms with van der Waals surface area (Å²) in [5.41, 5.74) is -0.681. The van der Waals surface area contributed by atoms with Crippen LogP contribution in [-0.2, 0) is 11.3 Å². The Morgan fingerprint density at radius 3 is 2.71 bits per heavy atom. The Morgan fingerprint density at radius 1 is 1.48 bits per heavy atom. The number of carbonyl (C=O) groups excluding carboxylic acids is 1. The number of carboxylic acid groups (broad SMARTS) is 1. The summed E-state index contributed by atoms with van der Waals surface area (Å²) in [5, 5.41) is 15.7. The van der Waals surface area contributed by atoms with E-state index in [0.29, 0.717) is 38.2 Å². The van der Waals surface area contributed by atoms with Crippen molar-refractivity contribution in [3.63, 3.8) is 0 Å². The summed E-state index contributed by atoms with van der Waals surface area (Å²) in [5.74, 6) is -0.345. The number of carbonyl (C=O) groups is 2. The van der Waals surface area contributed by atoms with E-state index in [2.05, 4.69) is 20.0 Å². The van der Waals surface area contributed by atoms with Gasteiger partial charge in [-0.2, -0.15) is 4.98 Å². The maximum absolute atomic E-state index is 12.0. The first-order chi connectivity index (χ1) is 10.1. The highest BCUT2D eigenvalue weighted by molar-refractivity contribution is 5.77. The van der Waals surface area contributed by atoms with Crippen LogP contribution in [0.2, 0.25) is 0 Å². The van der Waals surface area contributed by atoms with E-state index in [1.54, 1.807) is 4.90 Å². The van der Waals surface area contributed by atoms with E-state index in [1.807, 2.05) is 6.92 Å². The molecule has 1 aromatic heterocycles. The third-order valence-electron chi connectivity index (χ3n) is 3.99. The fraction of sp³-hybridized carbons (Fsp3) is 0.692. The second-order valence-corrected chi connectivity index (χ2v) is 5.33. The number of hydrogen-bond donors (Lipinski definition) is 2. The van der Waals surface area contributed by atoms with Gasteiger partial charge in [-0.05, 0) is 19.3 Å². The zero-order valence-electron chi connectivity index (χ0n) is 12.0. The Morgan fingerprint density at radius 2 is 2.19 bits per heavy atom. The lowest BCUT2D eigenvalue weighted by atomic mass is 9.75. The SMILES string of the molecule is CCCC1(C(=O)O)CCN(C(=O)NCc2ncon2)CC1. The Balaban J connectivity index is 1.85. The number of rotatable bonds is 5. The molecule has 0 aromatic carbocycles. The van der Waals surface area contributed by atoms with Gasteiger partial charge in [0.05, 0.1) is 12.0 Å². The van der Waals surface area contributed by atoms with Crippen LogP contribution < -0.4 is 5.32 Å². The number of carboxylic acids is 1. The largest absolute Gasteiger partial charge is 0.481 e. The van der Waals surface area contributed by atoms with Gasteiger partial charge in [-0.15, -0.1) is 0 Å². The zero-order chi connectivity index (χ0) is 15.3. The Hall–Kier alpha value is -2.12. The molecule has 0 spiro atoms. The van der Waals surface area contributed by atoms with E-state index < -0.39 is 11.4 Å². The van der Waals surface area contributed by atoms with Crippen molar-refractivity contribution in [3.8, 4) is 0 Å².